The second kappa shape index (κ2) is 4.25. The zero-order valence-electron chi connectivity index (χ0n) is 8.83. The number of aromatic nitrogens is 2. The number of aliphatic carboxylic acids is 1. The molecule has 16 heavy (non-hydrogen) atoms. The normalized spacial score (nSPS) is 14.9. The number of nitrogens with one attached hydrogen (secondary N) is 1. The molecule has 0 aliphatic heterocycles. The van der Waals surface area contributed by atoms with Gasteiger partial charge in [0, 0.05) is 6.04 Å². The smallest absolute Gasteiger partial charge is 0.309 e. The van der Waals surface area contributed by atoms with E-state index in [9.17, 15) is 4.79 Å². The van der Waals surface area contributed by atoms with Crippen molar-refractivity contribution in [2.45, 2.75) is 32.2 Å². The van der Waals surface area contributed by atoms with Crippen LogP contribution in [0.3, 0.4) is 0 Å². The molecule has 2 rings (SSSR count). The lowest BCUT2D eigenvalue weighted by molar-refractivity contribution is -0.136. The third-order valence-electron chi connectivity index (χ3n) is 2.27. The SMILES string of the molecule is Cc1nc(CC(=O)O)c(Cl)c(NC2CC2)n1. The second-order valence-corrected chi connectivity index (χ2v) is 4.25. The molecule has 5 nitrogen and oxygen atoms in total. The van der Waals surface area contributed by atoms with E-state index in [1.807, 2.05) is 0 Å². The average molecular weight is 242 g/mol. The average Bonchev–Trinajstić information content (AvgIpc) is 2.96. The zero-order chi connectivity index (χ0) is 11.7. The maximum Gasteiger partial charge on any atom is 0.309 e. The van der Waals surface area contributed by atoms with Gasteiger partial charge in [0.2, 0.25) is 0 Å². The number of hydrogen-bond acceptors (Lipinski definition) is 4. The molecule has 0 saturated heterocycles. The quantitative estimate of drug-likeness (QED) is 0.838. The lowest BCUT2D eigenvalue weighted by Gasteiger charge is -2.09. The first-order valence-electron chi connectivity index (χ1n) is 5.07. The van der Waals surface area contributed by atoms with Crippen LogP contribution >= 0.6 is 11.6 Å². The third kappa shape index (κ3) is 2.61. The van der Waals surface area contributed by atoms with Gasteiger partial charge in [-0.3, -0.25) is 4.79 Å². The van der Waals surface area contributed by atoms with Crippen LogP contribution in [-0.4, -0.2) is 27.1 Å². The molecule has 0 amide bonds. The summed E-state index contributed by atoms with van der Waals surface area (Å²) >= 11 is 6.05. The van der Waals surface area contributed by atoms with E-state index in [1.165, 1.54) is 0 Å². The van der Waals surface area contributed by atoms with Crippen molar-refractivity contribution in [2.24, 2.45) is 0 Å². The minimum Gasteiger partial charge on any atom is -0.481 e. The monoisotopic (exact) mass is 241 g/mol. The molecule has 1 aliphatic rings. The summed E-state index contributed by atoms with van der Waals surface area (Å²) in [6, 6.07) is 0.421. The summed E-state index contributed by atoms with van der Waals surface area (Å²) in [5.41, 5.74) is 0.366. The lowest BCUT2D eigenvalue weighted by Crippen LogP contribution is -2.10. The molecule has 1 aromatic rings. The number of carboxylic acid groups (broad SMARTS) is 1. The first-order valence-corrected chi connectivity index (χ1v) is 5.45. The molecule has 0 unspecified atom stereocenters. The van der Waals surface area contributed by atoms with Crippen LogP contribution in [0.2, 0.25) is 5.02 Å². The van der Waals surface area contributed by atoms with Gasteiger partial charge in [0.05, 0.1) is 12.1 Å². The van der Waals surface area contributed by atoms with E-state index in [1.54, 1.807) is 6.92 Å². The molecule has 1 saturated carbocycles. The van der Waals surface area contributed by atoms with Crippen LogP contribution in [0.15, 0.2) is 0 Å². The summed E-state index contributed by atoms with van der Waals surface area (Å²) in [4.78, 5) is 18.8. The highest BCUT2D eigenvalue weighted by Gasteiger charge is 2.24. The van der Waals surface area contributed by atoms with E-state index in [-0.39, 0.29) is 6.42 Å². The van der Waals surface area contributed by atoms with Crippen molar-refractivity contribution in [3.05, 3.63) is 16.5 Å². The van der Waals surface area contributed by atoms with Crippen molar-refractivity contribution in [1.29, 1.82) is 0 Å². The van der Waals surface area contributed by atoms with Gasteiger partial charge in [-0.1, -0.05) is 11.6 Å². The first-order chi connectivity index (χ1) is 7.56. The maximum absolute atomic E-state index is 10.6. The Kier molecular flexibility index (Phi) is 2.96. The predicted octanol–water partition coefficient (Wildman–Crippen LogP) is 1.64. The fourth-order valence-electron chi connectivity index (χ4n) is 1.39. The number of carboxylic acids is 1. The highest BCUT2D eigenvalue weighted by molar-refractivity contribution is 6.33. The molecule has 0 aromatic carbocycles. The van der Waals surface area contributed by atoms with Gasteiger partial charge in [-0.15, -0.1) is 0 Å². The summed E-state index contributed by atoms with van der Waals surface area (Å²) < 4.78 is 0. The van der Waals surface area contributed by atoms with Gasteiger partial charge in [-0.25, -0.2) is 9.97 Å². The van der Waals surface area contributed by atoms with Crippen LogP contribution < -0.4 is 5.32 Å². The summed E-state index contributed by atoms with van der Waals surface area (Å²) in [6.07, 6.45) is 2.03. The summed E-state index contributed by atoms with van der Waals surface area (Å²) in [7, 11) is 0. The fraction of sp³-hybridized carbons (Fsp3) is 0.500. The van der Waals surface area contributed by atoms with Gasteiger partial charge in [0.25, 0.3) is 0 Å². The van der Waals surface area contributed by atoms with Crippen molar-refractivity contribution in [3.8, 4) is 0 Å². The van der Waals surface area contributed by atoms with Crippen LogP contribution in [0.1, 0.15) is 24.4 Å². The number of hydrogen-bond donors (Lipinski definition) is 2. The predicted molar refractivity (Wildman–Crippen MR) is 59.8 cm³/mol. The van der Waals surface area contributed by atoms with Crippen LogP contribution in [0.25, 0.3) is 0 Å². The highest BCUT2D eigenvalue weighted by Crippen LogP contribution is 2.29. The van der Waals surface area contributed by atoms with E-state index in [0.29, 0.717) is 28.4 Å². The van der Waals surface area contributed by atoms with E-state index in [2.05, 4.69) is 15.3 Å². The summed E-state index contributed by atoms with van der Waals surface area (Å²) in [5.74, 6) is 0.133. The molecule has 2 N–H and O–H groups in total. The van der Waals surface area contributed by atoms with Gasteiger partial charge in [-0.05, 0) is 19.8 Å². The van der Waals surface area contributed by atoms with Crippen molar-refractivity contribution < 1.29 is 9.90 Å². The Labute approximate surface area is 97.9 Å². The minimum atomic E-state index is -0.947. The molecule has 1 fully saturated rings. The number of carbonyl (C=O) groups is 1. The molecule has 1 heterocycles. The van der Waals surface area contributed by atoms with E-state index < -0.39 is 5.97 Å². The van der Waals surface area contributed by atoms with Crippen LogP contribution in [-0.2, 0) is 11.2 Å². The maximum atomic E-state index is 10.6. The Bertz CT molecular complexity index is 432. The zero-order valence-corrected chi connectivity index (χ0v) is 9.58. The van der Waals surface area contributed by atoms with E-state index in [4.69, 9.17) is 16.7 Å². The van der Waals surface area contributed by atoms with Crippen LogP contribution in [0, 0.1) is 6.92 Å². The molecular formula is C10H12ClN3O2. The van der Waals surface area contributed by atoms with Gasteiger partial charge in [0.15, 0.2) is 0 Å². The Morgan fingerprint density at radius 1 is 1.56 bits per heavy atom. The number of anilines is 1. The van der Waals surface area contributed by atoms with Crippen LogP contribution in [0.4, 0.5) is 5.82 Å². The highest BCUT2D eigenvalue weighted by atomic mass is 35.5. The Balaban J connectivity index is 2.28. The Morgan fingerprint density at radius 2 is 2.25 bits per heavy atom. The molecule has 86 valence electrons. The number of rotatable bonds is 4. The number of halogens is 1. The summed E-state index contributed by atoms with van der Waals surface area (Å²) in [6.45, 7) is 1.72. The van der Waals surface area contributed by atoms with Crippen molar-refractivity contribution in [1.82, 2.24) is 9.97 Å². The Hall–Kier alpha value is -1.36. The minimum absolute atomic E-state index is 0.179. The van der Waals surface area contributed by atoms with E-state index >= 15 is 0 Å². The lowest BCUT2D eigenvalue weighted by atomic mass is 10.3. The molecule has 0 atom stereocenters. The van der Waals surface area contributed by atoms with Crippen molar-refractivity contribution >= 4 is 23.4 Å². The second-order valence-electron chi connectivity index (χ2n) is 3.87. The molecular weight excluding hydrogens is 230 g/mol. The third-order valence-corrected chi connectivity index (χ3v) is 2.67. The van der Waals surface area contributed by atoms with Crippen molar-refractivity contribution in [2.75, 3.05) is 5.32 Å². The molecule has 0 bridgehead atoms. The molecule has 1 aromatic heterocycles. The standard InChI is InChI=1S/C10H12ClN3O2/c1-5-12-7(4-8(15)16)9(11)10(13-5)14-6-2-3-6/h6H,2-4H2,1H3,(H,15,16)(H,12,13,14). The van der Waals surface area contributed by atoms with E-state index in [0.717, 1.165) is 12.8 Å². The van der Waals surface area contributed by atoms with Crippen LogP contribution in [0.5, 0.6) is 0 Å². The topological polar surface area (TPSA) is 75.1 Å². The first kappa shape index (κ1) is 11.1. The Morgan fingerprint density at radius 3 is 2.81 bits per heavy atom. The van der Waals surface area contributed by atoms with Crippen molar-refractivity contribution in [3.63, 3.8) is 0 Å². The molecule has 0 radical (unpaired) electrons. The van der Waals surface area contributed by atoms with Gasteiger partial charge < -0.3 is 10.4 Å². The molecule has 1 aliphatic carbocycles. The number of nitrogens with zero attached hydrogens (tertiary/aromatic N) is 2. The summed E-state index contributed by atoms with van der Waals surface area (Å²) in [5, 5.41) is 12.2. The van der Waals surface area contributed by atoms with Gasteiger partial charge >= 0.3 is 5.97 Å². The largest absolute Gasteiger partial charge is 0.481 e. The fourth-order valence-corrected chi connectivity index (χ4v) is 1.60. The van der Waals surface area contributed by atoms with Gasteiger partial charge in [0.1, 0.15) is 16.7 Å². The number of aryl methyl sites for hydroxylation is 1. The molecule has 0 spiro atoms. The van der Waals surface area contributed by atoms with Gasteiger partial charge in [-0.2, -0.15) is 0 Å². The molecule has 6 heteroatoms.